The molecule has 13 heteroatoms. The highest BCUT2D eigenvalue weighted by Gasteiger charge is 2.65. The van der Waals surface area contributed by atoms with E-state index in [1.165, 1.54) is 28.1 Å². The summed E-state index contributed by atoms with van der Waals surface area (Å²) in [5.41, 5.74) is -1.80. The zero-order valence-corrected chi connectivity index (χ0v) is 27.7. The molecular weight excluding hydrogens is 596 g/mol. The van der Waals surface area contributed by atoms with Crippen LogP contribution in [0.1, 0.15) is 34.6 Å². The van der Waals surface area contributed by atoms with E-state index in [1.807, 2.05) is 60.7 Å². The van der Waals surface area contributed by atoms with Crippen molar-refractivity contribution >= 4 is 40.7 Å². The quantitative estimate of drug-likeness (QED) is 0.182. The van der Waals surface area contributed by atoms with Gasteiger partial charge < -0.3 is 28.1 Å². The van der Waals surface area contributed by atoms with E-state index in [-0.39, 0.29) is 13.2 Å². The number of carbonyl (C=O) groups excluding carboxylic acids is 2. The zero-order chi connectivity index (χ0) is 32.1. The van der Waals surface area contributed by atoms with Crippen LogP contribution >= 0.6 is 0 Å². The van der Waals surface area contributed by atoms with Crippen molar-refractivity contribution in [1.29, 1.82) is 0 Å². The SMILES string of the molecule is COCC(OS(C)(=O)=O)[C@]1(CO[Si](c2ccccc2)(c2ccccc2)C(C)(C)C)OC(OC(C)=O)[C@H](OC(C)=O)[C@@H]1OC. The Morgan fingerprint density at radius 1 is 0.930 bits per heavy atom. The van der Waals surface area contributed by atoms with Crippen LogP contribution in [0.15, 0.2) is 60.7 Å². The van der Waals surface area contributed by atoms with Crippen LogP contribution in [0.25, 0.3) is 0 Å². The summed E-state index contributed by atoms with van der Waals surface area (Å²) in [4.78, 5) is 24.3. The number of methoxy groups -OCH3 is 2. The molecular formula is C30H42O11SSi. The average Bonchev–Trinajstić information content (AvgIpc) is 3.20. The molecule has 0 spiro atoms. The Morgan fingerprint density at radius 3 is 1.84 bits per heavy atom. The Hall–Kier alpha value is -2.65. The van der Waals surface area contributed by atoms with Crippen molar-refractivity contribution in [3.63, 3.8) is 0 Å². The molecule has 2 aromatic rings. The predicted octanol–water partition coefficient (Wildman–Crippen LogP) is 2.16. The number of esters is 2. The van der Waals surface area contributed by atoms with E-state index in [2.05, 4.69) is 20.8 Å². The summed E-state index contributed by atoms with van der Waals surface area (Å²) in [6.45, 7) is 8.02. The van der Waals surface area contributed by atoms with Gasteiger partial charge in [-0.25, -0.2) is 0 Å². The Balaban J connectivity index is 2.30. The van der Waals surface area contributed by atoms with Crippen LogP contribution in [0, 0.1) is 0 Å². The van der Waals surface area contributed by atoms with Crippen LogP contribution in [0.3, 0.4) is 0 Å². The monoisotopic (exact) mass is 638 g/mol. The number of benzene rings is 2. The van der Waals surface area contributed by atoms with Crippen molar-refractivity contribution in [1.82, 2.24) is 0 Å². The molecule has 238 valence electrons. The Morgan fingerprint density at radius 2 is 1.44 bits per heavy atom. The number of ether oxygens (including phenoxy) is 5. The summed E-state index contributed by atoms with van der Waals surface area (Å²) >= 11 is 0. The summed E-state index contributed by atoms with van der Waals surface area (Å²) in [6.07, 6.45) is -4.42. The maximum absolute atomic E-state index is 12.6. The molecule has 0 radical (unpaired) electrons. The van der Waals surface area contributed by atoms with E-state index in [4.69, 9.17) is 32.3 Å². The lowest BCUT2D eigenvalue weighted by molar-refractivity contribution is -0.226. The molecule has 2 unspecified atom stereocenters. The third-order valence-electron chi connectivity index (χ3n) is 7.31. The molecule has 1 heterocycles. The first-order chi connectivity index (χ1) is 20.1. The van der Waals surface area contributed by atoms with Crippen LogP contribution in [-0.2, 0) is 52.0 Å². The molecule has 5 atom stereocenters. The molecule has 0 amide bonds. The second-order valence-corrected chi connectivity index (χ2v) is 17.4. The molecule has 1 aliphatic rings. The first-order valence-corrected chi connectivity index (χ1v) is 17.5. The zero-order valence-electron chi connectivity index (χ0n) is 25.9. The molecule has 1 aliphatic heterocycles. The van der Waals surface area contributed by atoms with Crippen molar-refractivity contribution in [2.45, 2.75) is 69.9 Å². The van der Waals surface area contributed by atoms with Gasteiger partial charge in [0.1, 0.15) is 12.2 Å². The Bertz CT molecular complexity index is 1290. The van der Waals surface area contributed by atoms with E-state index in [1.54, 1.807) is 0 Å². The number of hydrogen-bond acceptors (Lipinski definition) is 11. The van der Waals surface area contributed by atoms with Gasteiger partial charge in [0.15, 0.2) is 11.7 Å². The van der Waals surface area contributed by atoms with E-state index in [0.717, 1.165) is 16.6 Å². The average molecular weight is 639 g/mol. The molecule has 3 rings (SSSR count). The second-order valence-electron chi connectivity index (χ2n) is 11.5. The van der Waals surface area contributed by atoms with Crippen LogP contribution in [0.2, 0.25) is 5.04 Å². The minimum absolute atomic E-state index is 0.281. The van der Waals surface area contributed by atoms with Gasteiger partial charge in [0.25, 0.3) is 18.4 Å². The maximum Gasteiger partial charge on any atom is 0.305 e. The van der Waals surface area contributed by atoms with E-state index < -0.39 is 65.6 Å². The molecule has 1 fully saturated rings. The molecule has 1 saturated heterocycles. The van der Waals surface area contributed by atoms with Crippen molar-refractivity contribution < 1.29 is 50.3 Å². The number of hydrogen-bond donors (Lipinski definition) is 0. The molecule has 0 saturated carbocycles. The summed E-state index contributed by atoms with van der Waals surface area (Å²) in [6, 6.07) is 19.6. The second kappa shape index (κ2) is 14.0. The summed E-state index contributed by atoms with van der Waals surface area (Å²) in [7, 11) is -4.61. The minimum atomic E-state index is -4.10. The minimum Gasteiger partial charge on any atom is -0.453 e. The van der Waals surface area contributed by atoms with Gasteiger partial charge in [-0.15, -0.1) is 0 Å². The largest absolute Gasteiger partial charge is 0.453 e. The van der Waals surface area contributed by atoms with Gasteiger partial charge in [0.2, 0.25) is 6.29 Å². The van der Waals surface area contributed by atoms with Gasteiger partial charge >= 0.3 is 11.9 Å². The maximum atomic E-state index is 12.6. The van der Waals surface area contributed by atoms with E-state index in [9.17, 15) is 18.0 Å². The molecule has 0 aliphatic carbocycles. The van der Waals surface area contributed by atoms with E-state index in [0.29, 0.717) is 0 Å². The highest BCUT2D eigenvalue weighted by molar-refractivity contribution is 7.86. The van der Waals surface area contributed by atoms with Crippen molar-refractivity contribution in [3.05, 3.63) is 60.7 Å². The lowest BCUT2D eigenvalue weighted by atomic mass is 9.90. The number of carbonyl (C=O) groups is 2. The third-order valence-corrected chi connectivity index (χ3v) is 12.9. The first kappa shape index (κ1) is 34.8. The van der Waals surface area contributed by atoms with Gasteiger partial charge in [-0.2, -0.15) is 8.42 Å². The van der Waals surface area contributed by atoms with E-state index >= 15 is 0 Å². The lowest BCUT2D eigenvalue weighted by Gasteiger charge is -2.46. The van der Waals surface area contributed by atoms with Crippen molar-refractivity contribution in [3.8, 4) is 0 Å². The molecule has 11 nitrogen and oxygen atoms in total. The van der Waals surface area contributed by atoms with Crippen LogP contribution in [0.5, 0.6) is 0 Å². The van der Waals surface area contributed by atoms with Gasteiger partial charge in [0.05, 0.1) is 19.5 Å². The fourth-order valence-electron chi connectivity index (χ4n) is 5.73. The van der Waals surface area contributed by atoms with Crippen LogP contribution in [-0.4, -0.2) is 92.6 Å². The highest BCUT2D eigenvalue weighted by Crippen LogP contribution is 2.43. The van der Waals surface area contributed by atoms with Gasteiger partial charge in [-0.05, 0) is 15.4 Å². The highest BCUT2D eigenvalue weighted by atomic mass is 32.2. The number of rotatable bonds is 13. The molecule has 0 N–H and O–H groups in total. The normalized spacial score (nSPS) is 23.5. The molecule has 2 aromatic carbocycles. The molecule has 43 heavy (non-hydrogen) atoms. The van der Waals surface area contributed by atoms with Crippen LogP contribution < -0.4 is 10.4 Å². The first-order valence-electron chi connectivity index (χ1n) is 13.8. The predicted molar refractivity (Wildman–Crippen MR) is 161 cm³/mol. The smallest absolute Gasteiger partial charge is 0.305 e. The van der Waals surface area contributed by atoms with Gasteiger partial charge in [-0.3, -0.25) is 13.8 Å². The molecule has 0 bridgehead atoms. The standard InChI is InChI=1S/C30H42O11SSi/c1-21(31)38-26-27(36-7)30(40-28(26)39-22(2)32,25(19-35-6)41-42(8,33)34)20-37-43(29(3,4)5,23-15-11-9-12-16-23)24-17-13-10-14-18-24/h9-18,25-28H,19-20H2,1-8H3/t25?,26-,27+,28?,30+/m1/s1. The third kappa shape index (κ3) is 7.71. The Labute approximate surface area is 255 Å². The van der Waals surface area contributed by atoms with Gasteiger partial charge in [0, 0.05) is 28.1 Å². The topological polar surface area (TPSA) is 133 Å². The summed E-state index contributed by atoms with van der Waals surface area (Å²) in [5.74, 6) is -1.41. The van der Waals surface area contributed by atoms with Crippen LogP contribution in [0.4, 0.5) is 0 Å². The molecule has 0 aromatic heterocycles. The van der Waals surface area contributed by atoms with Gasteiger partial charge in [-0.1, -0.05) is 81.4 Å². The Kier molecular flexibility index (Phi) is 11.3. The summed E-state index contributed by atoms with van der Waals surface area (Å²) < 4.78 is 66.5. The van der Waals surface area contributed by atoms with Crippen molar-refractivity contribution in [2.24, 2.45) is 0 Å². The van der Waals surface area contributed by atoms with Crippen molar-refractivity contribution in [2.75, 3.05) is 33.7 Å². The summed E-state index contributed by atoms with van der Waals surface area (Å²) in [5, 5.41) is 1.45. The fraction of sp³-hybridized carbons (Fsp3) is 0.533. The lowest BCUT2D eigenvalue weighted by Crippen LogP contribution is -2.69. The fourth-order valence-corrected chi connectivity index (χ4v) is 11.0.